The van der Waals surface area contributed by atoms with Crippen molar-refractivity contribution in [3.63, 3.8) is 0 Å². The van der Waals surface area contributed by atoms with Gasteiger partial charge in [-0.15, -0.1) is 0 Å². The van der Waals surface area contributed by atoms with Gasteiger partial charge in [-0.05, 0) is 83.1 Å². The van der Waals surface area contributed by atoms with Crippen LogP contribution in [0.15, 0.2) is 175 Å². The van der Waals surface area contributed by atoms with Crippen LogP contribution in [0, 0.1) is 90.2 Å². The van der Waals surface area contributed by atoms with Crippen LogP contribution in [0.5, 0.6) is 23.0 Å². The maximum atomic E-state index is 14.5. The zero-order chi connectivity index (χ0) is 65.9. The van der Waals surface area contributed by atoms with Gasteiger partial charge in [0, 0.05) is 0 Å². The van der Waals surface area contributed by atoms with Crippen LogP contribution in [0.1, 0.15) is 66.8 Å². The van der Waals surface area contributed by atoms with Crippen LogP contribution in [0.4, 0.5) is 39.5 Å². The van der Waals surface area contributed by atoms with Crippen molar-refractivity contribution in [1.29, 1.82) is 0 Å². The Bertz CT molecular complexity index is 3900. The fourth-order valence-electron chi connectivity index (χ4n) is 10.9. The van der Waals surface area contributed by atoms with Gasteiger partial charge in [0.15, 0.2) is 0 Å². The SMILES string of the molecule is Cc1cc(C)c(S(OS(=O)(=O)C(F)(F)F)(c2ccc(Oc3ccc(I(OS(=O)(=O)C(F)(F)F)c4ccc(Oc5ccc(S(OS(=O)(=O)C(F)(F)F)(c6c(C)cc(C)cc6C)c6c(C)cc(C)cc6C)cc5)cc4)cc3)cc2)c2c(C)cc(C)cc2C)c(C)c1. The van der Waals surface area contributed by atoms with Gasteiger partial charge in [0.2, 0.25) is 0 Å². The number of hydrogen-bond acceptors (Lipinski definition) is 11. The zero-order valence-electron chi connectivity index (χ0n) is 49.7. The van der Waals surface area contributed by atoms with Crippen molar-refractivity contribution < 1.29 is 84.0 Å². The normalized spacial score (nSPS) is 13.5. The molecule has 11 nitrogen and oxygen atoms in total. The van der Waals surface area contributed by atoms with Crippen molar-refractivity contribution in [1.82, 2.24) is 0 Å². The molecule has 0 unspecified atom stereocenters. The summed E-state index contributed by atoms with van der Waals surface area (Å²) in [5.41, 5.74) is -10.7. The van der Waals surface area contributed by atoms with E-state index in [9.17, 15) is 64.8 Å². The number of benzene rings is 8. The summed E-state index contributed by atoms with van der Waals surface area (Å²) in [6, 6.07) is 35.4. The quantitative estimate of drug-likeness (QED) is 0.0459. The molecule has 0 aliphatic rings. The molecule has 8 aromatic rings. The predicted octanol–water partition coefficient (Wildman–Crippen LogP) is 19.4. The van der Waals surface area contributed by atoms with Crippen LogP contribution in [-0.2, 0) is 40.1 Å². The molecule has 89 heavy (non-hydrogen) atoms. The Labute approximate surface area is 522 Å². The minimum Gasteiger partial charge on any atom is -0.0552 e. The first-order chi connectivity index (χ1) is 41.1. The zero-order valence-corrected chi connectivity index (χ0v) is 55.9. The standard InChI is InChI=1S/C63H60F9IO11S5/c1-37-29-41(5)57(42(6)30-37)85(83-88(76,77)62(67,68)69,58-43(7)31-38(2)32-44(58)8)55-25-21-53(22-26-55)80-51-17-13-49(14-18-51)73(82-87(74,75)61(64,65)66)50-15-19-52(20-16-50)81-54-23-27-56(28-24-54)86(84-89(78,79)63(70,71)72,59-45(9)33-39(3)34-46(59)10)60-47(11)35-40(4)36-48(60)12/h13-36H,1-12H3. The van der Waals surface area contributed by atoms with E-state index in [-0.39, 0.29) is 59.5 Å². The van der Waals surface area contributed by atoms with E-state index in [0.717, 1.165) is 22.3 Å². The van der Waals surface area contributed by atoms with Gasteiger partial charge in [0.05, 0.1) is 0 Å². The molecule has 8 rings (SSSR count). The van der Waals surface area contributed by atoms with Gasteiger partial charge in [0.25, 0.3) is 0 Å². The van der Waals surface area contributed by atoms with Gasteiger partial charge in [-0.3, -0.25) is 0 Å². The van der Waals surface area contributed by atoms with E-state index in [4.69, 9.17) is 19.2 Å². The fraction of sp³-hybridized carbons (Fsp3) is 0.238. The first kappa shape index (κ1) is 68.8. The molecule has 8 aromatic carbocycles. The monoisotopic (exact) mass is 1450 g/mol. The number of ether oxygens (including phenoxy) is 2. The summed E-state index contributed by atoms with van der Waals surface area (Å²) in [7, 11) is -26.4. The molecule has 0 aliphatic carbocycles. The number of hydrogen-bond donors (Lipinski definition) is 0. The number of alkyl halides is 9. The summed E-state index contributed by atoms with van der Waals surface area (Å²) in [5.74, 6) is 0.291. The second kappa shape index (κ2) is 25.2. The summed E-state index contributed by atoms with van der Waals surface area (Å²) in [5, 5.41) is 0. The van der Waals surface area contributed by atoms with E-state index in [1.54, 1.807) is 132 Å². The molecular formula is C63H60F9IO11S5. The molecule has 0 heterocycles. The molecule has 26 heteroatoms. The van der Waals surface area contributed by atoms with Crippen molar-refractivity contribution in [2.24, 2.45) is 0 Å². The molecular weight excluding hydrogens is 1390 g/mol. The molecule has 0 saturated carbocycles. The molecule has 0 fully saturated rings. The third-order valence-electron chi connectivity index (χ3n) is 13.8. The third-order valence-corrected chi connectivity index (χ3v) is 31.8. The van der Waals surface area contributed by atoms with Crippen LogP contribution < -0.4 is 9.47 Å². The Kier molecular flexibility index (Phi) is 19.5. The van der Waals surface area contributed by atoms with E-state index in [0.29, 0.717) is 44.5 Å². The van der Waals surface area contributed by atoms with Gasteiger partial charge < -0.3 is 0 Å². The summed E-state index contributed by atoms with van der Waals surface area (Å²) >= 11 is -4.11. The van der Waals surface area contributed by atoms with Crippen LogP contribution in [0.25, 0.3) is 0 Å². The van der Waals surface area contributed by atoms with Gasteiger partial charge in [0.1, 0.15) is 0 Å². The Morgan fingerprint density at radius 2 is 0.506 bits per heavy atom. The minimum absolute atomic E-state index is 0.0388. The Morgan fingerprint density at radius 1 is 0.303 bits per heavy atom. The van der Waals surface area contributed by atoms with Gasteiger partial charge >= 0.3 is 330 Å². The molecule has 0 radical (unpaired) electrons. The molecule has 0 bridgehead atoms. The van der Waals surface area contributed by atoms with Crippen LogP contribution in [0.3, 0.4) is 0 Å². The van der Waals surface area contributed by atoms with Crippen molar-refractivity contribution in [2.45, 2.75) is 129 Å². The van der Waals surface area contributed by atoms with Crippen molar-refractivity contribution in [3.8, 4) is 23.0 Å². The summed E-state index contributed by atoms with van der Waals surface area (Å²) in [6.07, 6.45) is 0. The third kappa shape index (κ3) is 13.9. The Hall–Kier alpha value is -6.11. The molecule has 0 spiro atoms. The van der Waals surface area contributed by atoms with E-state index in [1.165, 1.54) is 97.1 Å². The second-order valence-electron chi connectivity index (χ2n) is 21.2. The summed E-state index contributed by atoms with van der Waals surface area (Å²) in [4.78, 5) is 1.05. The number of rotatable bonds is 18. The van der Waals surface area contributed by atoms with Crippen molar-refractivity contribution >= 4 is 71.2 Å². The van der Waals surface area contributed by atoms with Crippen molar-refractivity contribution in [3.05, 3.63) is 219 Å². The molecule has 478 valence electrons. The predicted molar refractivity (Wildman–Crippen MR) is 333 cm³/mol. The van der Waals surface area contributed by atoms with Crippen LogP contribution in [0.2, 0.25) is 0 Å². The van der Waals surface area contributed by atoms with E-state index < -0.39 is 87.7 Å². The minimum atomic E-state index is -6.30. The van der Waals surface area contributed by atoms with E-state index in [2.05, 4.69) is 0 Å². The Morgan fingerprint density at radius 3 is 0.708 bits per heavy atom. The molecule has 0 N–H and O–H groups in total. The van der Waals surface area contributed by atoms with E-state index >= 15 is 0 Å². The first-order valence-electron chi connectivity index (χ1n) is 26.6. The first-order valence-corrected chi connectivity index (χ1v) is 37.0. The molecule has 0 aromatic heterocycles. The second-order valence-corrected chi connectivity index (χ2v) is 36.3. The molecule has 0 saturated heterocycles. The van der Waals surface area contributed by atoms with Crippen LogP contribution in [-0.4, -0.2) is 41.8 Å². The average Bonchev–Trinajstić information content (AvgIpc) is 0.736. The topological polar surface area (TPSA) is 149 Å². The van der Waals surface area contributed by atoms with Gasteiger partial charge in [-0.25, -0.2) is 0 Å². The van der Waals surface area contributed by atoms with Gasteiger partial charge in [-0.2, -0.15) is 43.2 Å². The average molecular weight is 1450 g/mol. The molecule has 0 atom stereocenters. The van der Waals surface area contributed by atoms with Crippen LogP contribution >= 0.6 is 40.9 Å². The maximum absolute atomic E-state index is 14.5. The van der Waals surface area contributed by atoms with Crippen molar-refractivity contribution in [2.75, 3.05) is 0 Å². The van der Waals surface area contributed by atoms with E-state index in [1.807, 2.05) is 0 Å². The Balaban J connectivity index is 1.13. The fourth-order valence-corrected chi connectivity index (χ4v) is 28.3. The summed E-state index contributed by atoms with van der Waals surface area (Å²) in [6.45, 7) is 20.4. The smallest absolute Gasteiger partial charge is 0.0552 e. The summed E-state index contributed by atoms with van der Waals surface area (Å²) < 4.78 is 237. The van der Waals surface area contributed by atoms with Gasteiger partial charge in [-0.1, -0.05) is 70.8 Å². The number of halogens is 10. The number of aryl methyl sites for hydroxylation is 12. The molecule has 0 aliphatic heterocycles. The molecule has 0 amide bonds.